The zero-order chi connectivity index (χ0) is 10.2. The van der Waals surface area contributed by atoms with Crippen LogP contribution in [-0.4, -0.2) is 35.3 Å². The Kier molecular flexibility index (Phi) is 6.32. The van der Waals surface area contributed by atoms with Gasteiger partial charge in [0.05, 0.1) is 6.10 Å². The molecule has 1 rings (SSSR count). The van der Waals surface area contributed by atoms with Crippen LogP contribution in [0.15, 0.2) is 12.7 Å². The summed E-state index contributed by atoms with van der Waals surface area (Å²) >= 11 is 1.88. The average molecular weight is 215 g/mol. The third-order valence-corrected chi connectivity index (χ3v) is 3.58. The van der Waals surface area contributed by atoms with E-state index in [2.05, 4.69) is 11.9 Å². The van der Waals surface area contributed by atoms with E-state index < -0.39 is 0 Å². The minimum Gasteiger partial charge on any atom is -0.392 e. The van der Waals surface area contributed by atoms with Crippen molar-refractivity contribution in [3.63, 3.8) is 0 Å². The van der Waals surface area contributed by atoms with Gasteiger partial charge in [0.25, 0.3) is 0 Å². The normalized spacial score (nSPS) is 27.5. The molecule has 0 aromatic rings. The van der Waals surface area contributed by atoms with E-state index in [0.717, 1.165) is 30.9 Å². The van der Waals surface area contributed by atoms with E-state index in [1.165, 1.54) is 12.8 Å². The molecule has 2 atom stereocenters. The van der Waals surface area contributed by atoms with Crippen LogP contribution in [0.5, 0.6) is 0 Å². The largest absolute Gasteiger partial charge is 0.392 e. The van der Waals surface area contributed by atoms with Crippen molar-refractivity contribution in [3.8, 4) is 0 Å². The van der Waals surface area contributed by atoms with E-state index in [1.54, 1.807) is 0 Å². The van der Waals surface area contributed by atoms with E-state index in [-0.39, 0.29) is 6.10 Å². The molecule has 1 fully saturated rings. The summed E-state index contributed by atoms with van der Waals surface area (Å²) in [7, 11) is 0. The molecule has 82 valence electrons. The van der Waals surface area contributed by atoms with E-state index in [9.17, 15) is 5.11 Å². The van der Waals surface area contributed by atoms with Gasteiger partial charge in [-0.15, -0.1) is 6.58 Å². The zero-order valence-corrected chi connectivity index (χ0v) is 9.56. The fourth-order valence-corrected chi connectivity index (χ4v) is 2.43. The average Bonchev–Trinajstić information content (AvgIpc) is 2.20. The second-order valence-corrected chi connectivity index (χ2v) is 4.93. The molecule has 0 aromatic carbocycles. The van der Waals surface area contributed by atoms with Crippen LogP contribution in [0, 0.1) is 0 Å². The van der Waals surface area contributed by atoms with Gasteiger partial charge in [-0.2, -0.15) is 11.8 Å². The monoisotopic (exact) mass is 215 g/mol. The molecule has 2 nitrogen and oxygen atoms in total. The second-order valence-electron chi connectivity index (χ2n) is 3.78. The summed E-state index contributed by atoms with van der Waals surface area (Å²) in [5.74, 6) is 2.13. The maximum absolute atomic E-state index is 9.69. The Balaban J connectivity index is 2.01. The van der Waals surface area contributed by atoms with Gasteiger partial charge in [-0.25, -0.2) is 0 Å². The predicted octanol–water partition coefficient (Wildman–Crippen LogP) is 1.80. The van der Waals surface area contributed by atoms with Gasteiger partial charge in [0.15, 0.2) is 0 Å². The van der Waals surface area contributed by atoms with Crippen LogP contribution in [0.4, 0.5) is 0 Å². The third-order valence-electron chi connectivity index (χ3n) is 2.62. The standard InChI is InChI=1S/C11H21NOS/c1-2-8-14-9-7-12-10-5-3-4-6-11(10)13/h2,10-13H,1,3-9H2/t10-,11-/m1/s1. The molecular formula is C11H21NOS. The van der Waals surface area contributed by atoms with Crippen LogP contribution in [0.2, 0.25) is 0 Å². The molecule has 0 saturated heterocycles. The Morgan fingerprint density at radius 1 is 1.43 bits per heavy atom. The summed E-state index contributed by atoms with van der Waals surface area (Å²) < 4.78 is 0. The van der Waals surface area contributed by atoms with Gasteiger partial charge >= 0.3 is 0 Å². The fraction of sp³-hybridized carbons (Fsp3) is 0.818. The van der Waals surface area contributed by atoms with Crippen molar-refractivity contribution < 1.29 is 5.11 Å². The molecule has 0 aromatic heterocycles. The summed E-state index contributed by atoms with van der Waals surface area (Å²) in [4.78, 5) is 0. The molecule has 3 heteroatoms. The highest BCUT2D eigenvalue weighted by Crippen LogP contribution is 2.18. The number of thioether (sulfide) groups is 1. The number of rotatable bonds is 6. The summed E-state index contributed by atoms with van der Waals surface area (Å²) in [5, 5.41) is 13.1. The SMILES string of the molecule is C=CCSCCN[C@@H]1CCCC[C@H]1O. The van der Waals surface area contributed by atoms with Gasteiger partial charge in [-0.3, -0.25) is 0 Å². The van der Waals surface area contributed by atoms with Gasteiger partial charge in [0.1, 0.15) is 0 Å². The molecule has 0 amide bonds. The Bertz CT molecular complexity index is 163. The molecular weight excluding hydrogens is 194 g/mol. The minimum absolute atomic E-state index is 0.117. The van der Waals surface area contributed by atoms with Crippen LogP contribution >= 0.6 is 11.8 Å². The van der Waals surface area contributed by atoms with Gasteiger partial charge in [-0.1, -0.05) is 18.9 Å². The molecule has 0 unspecified atom stereocenters. The smallest absolute Gasteiger partial charge is 0.0693 e. The highest BCUT2D eigenvalue weighted by Gasteiger charge is 2.21. The van der Waals surface area contributed by atoms with Crippen LogP contribution in [0.3, 0.4) is 0 Å². The van der Waals surface area contributed by atoms with Crippen molar-refractivity contribution in [2.24, 2.45) is 0 Å². The zero-order valence-electron chi connectivity index (χ0n) is 8.74. The lowest BCUT2D eigenvalue weighted by Gasteiger charge is -2.28. The van der Waals surface area contributed by atoms with Crippen LogP contribution < -0.4 is 5.32 Å². The molecule has 0 radical (unpaired) electrons. The quantitative estimate of drug-likeness (QED) is 0.523. The molecule has 0 spiro atoms. The van der Waals surface area contributed by atoms with Gasteiger partial charge in [0.2, 0.25) is 0 Å². The van der Waals surface area contributed by atoms with Crippen LogP contribution in [0.1, 0.15) is 25.7 Å². The maximum Gasteiger partial charge on any atom is 0.0693 e. The number of aliphatic hydroxyl groups is 1. The lowest BCUT2D eigenvalue weighted by molar-refractivity contribution is 0.0921. The van der Waals surface area contributed by atoms with Crippen molar-refractivity contribution in [1.29, 1.82) is 0 Å². The number of hydrogen-bond donors (Lipinski definition) is 2. The molecule has 1 saturated carbocycles. The van der Waals surface area contributed by atoms with Crippen LogP contribution in [-0.2, 0) is 0 Å². The Hall–Kier alpha value is 0.01000. The topological polar surface area (TPSA) is 32.3 Å². The second kappa shape index (κ2) is 7.32. The lowest BCUT2D eigenvalue weighted by Crippen LogP contribution is -2.42. The van der Waals surface area contributed by atoms with Crippen molar-refractivity contribution >= 4 is 11.8 Å². The van der Waals surface area contributed by atoms with Crippen molar-refractivity contribution in [1.82, 2.24) is 5.32 Å². The predicted molar refractivity (Wildman–Crippen MR) is 63.8 cm³/mol. The molecule has 0 heterocycles. The maximum atomic E-state index is 9.69. The summed E-state index contributed by atoms with van der Waals surface area (Å²) in [5.41, 5.74) is 0. The highest BCUT2D eigenvalue weighted by atomic mass is 32.2. The number of hydrogen-bond acceptors (Lipinski definition) is 3. The van der Waals surface area contributed by atoms with E-state index in [0.29, 0.717) is 6.04 Å². The Morgan fingerprint density at radius 2 is 2.21 bits per heavy atom. The summed E-state index contributed by atoms with van der Waals surface area (Å²) in [6.45, 7) is 4.68. The summed E-state index contributed by atoms with van der Waals surface area (Å²) in [6, 6.07) is 0.341. The van der Waals surface area contributed by atoms with Crippen molar-refractivity contribution in [2.75, 3.05) is 18.1 Å². The first-order chi connectivity index (χ1) is 6.84. The highest BCUT2D eigenvalue weighted by molar-refractivity contribution is 7.99. The van der Waals surface area contributed by atoms with Crippen molar-refractivity contribution in [2.45, 2.75) is 37.8 Å². The molecule has 14 heavy (non-hydrogen) atoms. The molecule has 0 bridgehead atoms. The summed E-state index contributed by atoms with van der Waals surface area (Å²) in [6.07, 6.45) is 6.36. The third kappa shape index (κ3) is 4.49. The van der Waals surface area contributed by atoms with E-state index in [1.807, 2.05) is 17.8 Å². The molecule has 0 aliphatic heterocycles. The molecule has 1 aliphatic carbocycles. The van der Waals surface area contributed by atoms with Gasteiger partial charge < -0.3 is 10.4 Å². The Morgan fingerprint density at radius 3 is 2.93 bits per heavy atom. The van der Waals surface area contributed by atoms with Crippen molar-refractivity contribution in [3.05, 3.63) is 12.7 Å². The van der Waals surface area contributed by atoms with E-state index >= 15 is 0 Å². The number of nitrogens with one attached hydrogen (secondary N) is 1. The Labute approximate surface area is 91.2 Å². The fourth-order valence-electron chi connectivity index (χ4n) is 1.83. The first-order valence-corrected chi connectivity index (χ1v) is 6.60. The van der Waals surface area contributed by atoms with E-state index in [4.69, 9.17) is 0 Å². The first-order valence-electron chi connectivity index (χ1n) is 5.44. The minimum atomic E-state index is -0.117. The van der Waals surface area contributed by atoms with Gasteiger partial charge in [-0.05, 0) is 12.8 Å². The first kappa shape index (κ1) is 12.1. The molecule has 1 aliphatic rings. The lowest BCUT2D eigenvalue weighted by atomic mass is 9.93. The van der Waals surface area contributed by atoms with Crippen LogP contribution in [0.25, 0.3) is 0 Å². The van der Waals surface area contributed by atoms with Gasteiger partial charge in [0, 0.05) is 24.1 Å². The molecule has 2 N–H and O–H groups in total. The number of aliphatic hydroxyl groups excluding tert-OH is 1.